The van der Waals surface area contributed by atoms with Gasteiger partial charge in [0.2, 0.25) is 5.88 Å². The summed E-state index contributed by atoms with van der Waals surface area (Å²) in [5.41, 5.74) is 11.0. The van der Waals surface area contributed by atoms with Crippen LogP contribution >= 0.6 is 0 Å². The lowest BCUT2D eigenvalue weighted by molar-refractivity contribution is 0.102. The van der Waals surface area contributed by atoms with Crippen LogP contribution in [0.1, 0.15) is 44.0 Å². The van der Waals surface area contributed by atoms with E-state index in [0.29, 0.717) is 50.8 Å². The molecular formula is C23H22N6O2. The van der Waals surface area contributed by atoms with Gasteiger partial charge in [0.1, 0.15) is 11.8 Å². The maximum absolute atomic E-state index is 12.8. The second-order valence-electron chi connectivity index (χ2n) is 7.05. The summed E-state index contributed by atoms with van der Waals surface area (Å²) in [6.07, 6.45) is 1.39. The van der Waals surface area contributed by atoms with Crippen LogP contribution < -0.4 is 15.8 Å². The average molecular weight is 414 g/mol. The second kappa shape index (κ2) is 8.63. The molecule has 0 atom stereocenters. The highest BCUT2D eigenvalue weighted by molar-refractivity contribution is 6.15. The summed E-state index contributed by atoms with van der Waals surface area (Å²) >= 11 is 0. The maximum atomic E-state index is 12.8. The molecule has 4 N–H and O–H groups in total. The number of amides is 1. The molecule has 2 aromatic heterocycles. The Labute approximate surface area is 180 Å². The number of nitriles is 1. The smallest absolute Gasteiger partial charge is 0.274 e. The van der Waals surface area contributed by atoms with Gasteiger partial charge in [-0.15, -0.1) is 0 Å². The summed E-state index contributed by atoms with van der Waals surface area (Å²) in [4.78, 5) is 21.2. The summed E-state index contributed by atoms with van der Waals surface area (Å²) in [5.74, 6) is -0.00530. The number of nitrogens with two attached hydrogens (primary N) is 1. The van der Waals surface area contributed by atoms with Crippen LogP contribution in [0.15, 0.2) is 36.5 Å². The van der Waals surface area contributed by atoms with Crippen molar-refractivity contribution < 1.29 is 9.53 Å². The molecule has 0 bridgehead atoms. The Hall–Kier alpha value is -4.25. The predicted molar refractivity (Wildman–Crippen MR) is 119 cm³/mol. The summed E-state index contributed by atoms with van der Waals surface area (Å²) < 4.78 is 5.19. The lowest BCUT2D eigenvalue weighted by Crippen LogP contribution is -2.17. The molecule has 0 aliphatic heterocycles. The van der Waals surface area contributed by atoms with Gasteiger partial charge in [0, 0.05) is 40.5 Å². The van der Waals surface area contributed by atoms with E-state index in [0.717, 1.165) is 0 Å². The molecule has 3 rings (SSSR count). The van der Waals surface area contributed by atoms with Gasteiger partial charge < -0.3 is 15.8 Å². The average Bonchev–Trinajstić information content (AvgIpc) is 2.75. The molecule has 0 saturated heterocycles. The zero-order valence-corrected chi connectivity index (χ0v) is 17.7. The van der Waals surface area contributed by atoms with Gasteiger partial charge in [-0.2, -0.15) is 5.26 Å². The molecular weight excluding hydrogens is 392 g/mol. The van der Waals surface area contributed by atoms with Gasteiger partial charge in [-0.3, -0.25) is 10.2 Å². The van der Waals surface area contributed by atoms with Crippen LogP contribution in [0.4, 0.5) is 11.4 Å². The van der Waals surface area contributed by atoms with Gasteiger partial charge in [0.15, 0.2) is 0 Å². The van der Waals surface area contributed by atoms with Crippen molar-refractivity contribution in [3.8, 4) is 11.9 Å². The van der Waals surface area contributed by atoms with E-state index in [4.69, 9.17) is 21.1 Å². The second-order valence-corrected chi connectivity index (χ2v) is 7.05. The first-order valence-electron chi connectivity index (χ1n) is 9.44. The summed E-state index contributed by atoms with van der Waals surface area (Å²) in [5, 5.41) is 20.5. The number of aromatic nitrogens is 2. The number of benzene rings is 1. The van der Waals surface area contributed by atoms with E-state index < -0.39 is 5.91 Å². The predicted octanol–water partition coefficient (Wildman–Crippen LogP) is 3.53. The highest BCUT2D eigenvalue weighted by Gasteiger charge is 2.17. The number of anilines is 2. The maximum Gasteiger partial charge on any atom is 0.274 e. The van der Waals surface area contributed by atoms with Crippen molar-refractivity contribution in [3.05, 3.63) is 75.7 Å². The lowest BCUT2D eigenvalue weighted by atomic mass is 10.00. The highest BCUT2D eigenvalue weighted by Crippen LogP contribution is 2.24. The number of hydrogen-bond acceptors (Lipinski definition) is 7. The van der Waals surface area contributed by atoms with E-state index >= 15 is 0 Å². The third-order valence-corrected chi connectivity index (χ3v) is 4.99. The van der Waals surface area contributed by atoms with E-state index in [1.54, 1.807) is 44.2 Å². The number of aryl methyl sites for hydroxylation is 1. The molecule has 0 spiro atoms. The fourth-order valence-corrected chi connectivity index (χ4v) is 3.13. The van der Waals surface area contributed by atoms with Gasteiger partial charge >= 0.3 is 0 Å². The number of nitrogens with one attached hydrogen (secondary N) is 2. The molecule has 1 amide bonds. The lowest BCUT2D eigenvalue weighted by Gasteiger charge is -2.13. The fourth-order valence-electron chi connectivity index (χ4n) is 3.13. The van der Waals surface area contributed by atoms with Crippen molar-refractivity contribution in [1.82, 2.24) is 9.97 Å². The number of methoxy groups -OCH3 is 1. The minimum absolute atomic E-state index is 0.181. The van der Waals surface area contributed by atoms with Crippen molar-refractivity contribution in [3.63, 3.8) is 0 Å². The van der Waals surface area contributed by atoms with E-state index in [2.05, 4.69) is 21.4 Å². The molecule has 2 heterocycles. The van der Waals surface area contributed by atoms with Gasteiger partial charge in [-0.05, 0) is 56.2 Å². The molecule has 31 heavy (non-hydrogen) atoms. The first-order valence-corrected chi connectivity index (χ1v) is 9.44. The molecule has 1 aromatic carbocycles. The van der Waals surface area contributed by atoms with E-state index in [9.17, 15) is 4.79 Å². The Bertz CT molecular complexity index is 1240. The molecule has 0 fully saturated rings. The molecule has 0 unspecified atom stereocenters. The Morgan fingerprint density at radius 3 is 2.61 bits per heavy atom. The zero-order valence-electron chi connectivity index (χ0n) is 17.7. The Kier molecular flexibility index (Phi) is 5.97. The normalized spacial score (nSPS) is 10.3. The Morgan fingerprint density at radius 1 is 1.19 bits per heavy atom. The van der Waals surface area contributed by atoms with Crippen molar-refractivity contribution in [2.24, 2.45) is 0 Å². The van der Waals surface area contributed by atoms with Gasteiger partial charge in [0.05, 0.1) is 18.4 Å². The molecule has 0 radical (unpaired) electrons. The molecule has 0 aliphatic carbocycles. The van der Waals surface area contributed by atoms with Crippen LogP contribution in [0.2, 0.25) is 0 Å². The van der Waals surface area contributed by atoms with Crippen LogP contribution in [-0.2, 0) is 0 Å². The van der Waals surface area contributed by atoms with Crippen LogP contribution in [0.3, 0.4) is 0 Å². The molecule has 0 saturated carbocycles. The quantitative estimate of drug-likeness (QED) is 0.431. The monoisotopic (exact) mass is 414 g/mol. The number of carbonyl (C=O) groups excluding carboxylic acids is 1. The highest BCUT2D eigenvalue weighted by atomic mass is 16.5. The van der Waals surface area contributed by atoms with Crippen molar-refractivity contribution in [2.75, 3.05) is 18.2 Å². The van der Waals surface area contributed by atoms with Crippen LogP contribution in [0.25, 0.3) is 0 Å². The van der Waals surface area contributed by atoms with E-state index in [1.165, 1.54) is 13.3 Å². The van der Waals surface area contributed by atoms with Gasteiger partial charge in [0.25, 0.3) is 5.91 Å². The third kappa shape index (κ3) is 4.36. The summed E-state index contributed by atoms with van der Waals surface area (Å²) in [7, 11) is 1.51. The topological polar surface area (TPSA) is 138 Å². The van der Waals surface area contributed by atoms with Crippen molar-refractivity contribution >= 4 is 23.0 Å². The number of nitrogen functional groups attached to an aromatic ring is 1. The molecule has 0 aliphatic rings. The minimum Gasteiger partial charge on any atom is -0.481 e. The largest absolute Gasteiger partial charge is 0.481 e. The van der Waals surface area contributed by atoms with Crippen LogP contribution in [-0.4, -0.2) is 28.7 Å². The number of carbonyl (C=O) groups is 1. The minimum atomic E-state index is -0.409. The van der Waals surface area contributed by atoms with Crippen LogP contribution in [0, 0.1) is 37.5 Å². The molecule has 8 nitrogen and oxygen atoms in total. The third-order valence-electron chi connectivity index (χ3n) is 4.99. The fraction of sp³-hybridized carbons (Fsp3) is 0.174. The Morgan fingerprint density at radius 2 is 1.94 bits per heavy atom. The standard InChI is InChI=1S/C23H22N6O2/c1-12-7-15(8-20(28-12)31-4)21(26)18-9-17(5-6-19(18)25)29-23(30)22-14(3)13(2)16(10-24)11-27-22/h5-9,11,26H,25H2,1-4H3,(H,29,30). The summed E-state index contributed by atoms with van der Waals surface area (Å²) in [6.45, 7) is 5.34. The number of nitrogens with zero attached hydrogens (tertiary/aromatic N) is 3. The molecule has 8 heteroatoms. The molecule has 3 aromatic rings. The number of rotatable bonds is 5. The zero-order chi connectivity index (χ0) is 22.7. The van der Waals surface area contributed by atoms with E-state index in [-0.39, 0.29) is 11.4 Å². The van der Waals surface area contributed by atoms with Crippen molar-refractivity contribution in [2.45, 2.75) is 20.8 Å². The summed E-state index contributed by atoms with van der Waals surface area (Å²) in [6, 6.07) is 10.4. The van der Waals surface area contributed by atoms with Crippen LogP contribution in [0.5, 0.6) is 5.88 Å². The van der Waals surface area contributed by atoms with Gasteiger partial charge in [-0.1, -0.05) is 0 Å². The molecule has 156 valence electrons. The van der Waals surface area contributed by atoms with Gasteiger partial charge in [-0.25, -0.2) is 9.97 Å². The van der Waals surface area contributed by atoms with E-state index in [1.807, 2.05) is 6.92 Å². The SMILES string of the molecule is COc1cc(C(=N)c2cc(NC(=O)c3ncc(C#N)c(C)c3C)ccc2N)cc(C)n1. The number of ether oxygens (including phenoxy) is 1. The first kappa shape index (κ1) is 21.5. The number of pyridine rings is 2. The number of hydrogen-bond donors (Lipinski definition) is 3. The Balaban J connectivity index is 1.92. The van der Waals surface area contributed by atoms with Crippen molar-refractivity contribution in [1.29, 1.82) is 10.7 Å². The first-order chi connectivity index (χ1) is 14.7.